The van der Waals surface area contributed by atoms with Gasteiger partial charge in [0, 0.05) is 35.8 Å². The van der Waals surface area contributed by atoms with Crippen LogP contribution in [-0.4, -0.2) is 14.8 Å². The number of ether oxygens (including phenoxy) is 1. The number of nitrogens with zero attached hydrogens (tertiary/aromatic N) is 3. The number of nitro benzene ring substituents is 2. The van der Waals surface area contributed by atoms with Crippen molar-refractivity contribution in [1.29, 1.82) is 0 Å². The molecular weight excluding hydrogens is 483 g/mol. The van der Waals surface area contributed by atoms with Crippen LogP contribution in [0.15, 0.2) is 66.9 Å². The predicted octanol–water partition coefficient (Wildman–Crippen LogP) is 7.12. The Labute approximate surface area is 194 Å². The van der Waals surface area contributed by atoms with Gasteiger partial charge in [-0.3, -0.25) is 25.2 Å². The molecule has 0 aliphatic heterocycles. The molecule has 168 valence electrons. The van der Waals surface area contributed by atoms with Crippen LogP contribution in [0.3, 0.4) is 0 Å². The number of hydrogen-bond acceptors (Lipinski definition) is 6. The molecule has 0 bridgehead atoms. The minimum atomic E-state index is -0.655. The van der Waals surface area contributed by atoms with Gasteiger partial charge in [0.05, 0.1) is 19.9 Å². The molecule has 1 heterocycles. The fraction of sp³-hybridized carbons (Fsp3) is 0. The maximum Gasteiger partial charge on any atom is 0.271 e. The van der Waals surface area contributed by atoms with Crippen molar-refractivity contribution in [3.8, 4) is 11.5 Å². The van der Waals surface area contributed by atoms with Crippen LogP contribution in [-0.2, 0) is 0 Å². The highest BCUT2D eigenvalue weighted by molar-refractivity contribution is 6.32. The second-order valence-electron chi connectivity index (χ2n) is 6.27. The van der Waals surface area contributed by atoms with Crippen molar-refractivity contribution < 1.29 is 23.4 Å². The van der Waals surface area contributed by atoms with Crippen LogP contribution in [0.1, 0.15) is 0 Å². The van der Waals surface area contributed by atoms with Gasteiger partial charge >= 0.3 is 0 Å². The Bertz CT molecular complexity index is 1370. The molecule has 0 unspecified atom stereocenters. The topological polar surface area (TPSA) is 108 Å². The quantitative estimate of drug-likeness (QED) is 0.221. The van der Waals surface area contributed by atoms with E-state index in [1.165, 1.54) is 30.5 Å². The SMILES string of the molecule is O=[N+]([O-])c1ccc(F)c(Cl)c1.O=[N+]([O-])c1ccc(Oc2ccnc3c(F)cccc23)c(Cl)c1. The summed E-state index contributed by atoms with van der Waals surface area (Å²) in [4.78, 5) is 23.6. The largest absolute Gasteiger partial charge is 0.455 e. The Morgan fingerprint density at radius 1 is 0.788 bits per heavy atom. The molecule has 0 saturated carbocycles. The lowest BCUT2D eigenvalue weighted by Gasteiger charge is -2.10. The lowest BCUT2D eigenvalue weighted by molar-refractivity contribution is -0.385. The van der Waals surface area contributed by atoms with E-state index in [9.17, 15) is 29.0 Å². The highest BCUT2D eigenvalue weighted by Gasteiger charge is 2.13. The number of pyridine rings is 1. The molecule has 1 aromatic heterocycles. The summed E-state index contributed by atoms with van der Waals surface area (Å²) in [5.74, 6) is -0.515. The number of benzene rings is 3. The van der Waals surface area contributed by atoms with Gasteiger partial charge < -0.3 is 4.74 Å². The molecule has 0 N–H and O–H groups in total. The molecule has 0 amide bonds. The van der Waals surface area contributed by atoms with E-state index in [4.69, 9.17) is 27.9 Å². The third kappa shape index (κ3) is 5.68. The van der Waals surface area contributed by atoms with E-state index < -0.39 is 21.5 Å². The van der Waals surface area contributed by atoms with Crippen LogP contribution in [0.25, 0.3) is 10.9 Å². The number of aromatic nitrogens is 1. The zero-order valence-electron chi connectivity index (χ0n) is 16.2. The third-order valence-electron chi connectivity index (χ3n) is 4.14. The van der Waals surface area contributed by atoms with Gasteiger partial charge in [-0.15, -0.1) is 0 Å². The number of non-ortho nitro benzene ring substituents is 2. The lowest BCUT2D eigenvalue weighted by atomic mass is 10.2. The summed E-state index contributed by atoms with van der Waals surface area (Å²) >= 11 is 11.3. The van der Waals surface area contributed by atoms with Crippen LogP contribution in [0.5, 0.6) is 11.5 Å². The Hall–Kier alpha value is -3.89. The third-order valence-corrected chi connectivity index (χ3v) is 4.73. The fourth-order valence-corrected chi connectivity index (χ4v) is 2.99. The van der Waals surface area contributed by atoms with Gasteiger partial charge in [-0.25, -0.2) is 8.78 Å². The predicted molar refractivity (Wildman–Crippen MR) is 118 cm³/mol. The standard InChI is InChI=1S/C15H8ClFN2O3.C6H3ClFNO2/c16-11-8-9(19(20)21)4-5-14(11)22-13-6-7-18-15-10(13)2-1-3-12(15)17;7-5-3-4(9(10)11)1-2-6(5)8/h1-8H;1-3H. The van der Waals surface area contributed by atoms with Crippen LogP contribution in [0, 0.1) is 31.9 Å². The zero-order chi connectivity index (χ0) is 24.1. The summed E-state index contributed by atoms with van der Waals surface area (Å²) in [6.07, 6.45) is 1.42. The van der Waals surface area contributed by atoms with Crippen LogP contribution in [0.2, 0.25) is 10.0 Å². The van der Waals surface area contributed by atoms with E-state index in [0.717, 1.165) is 18.2 Å². The van der Waals surface area contributed by atoms with Crippen LogP contribution in [0.4, 0.5) is 20.2 Å². The van der Waals surface area contributed by atoms with E-state index in [1.54, 1.807) is 18.2 Å². The molecule has 3 aromatic carbocycles. The van der Waals surface area contributed by atoms with Gasteiger partial charge in [0.25, 0.3) is 11.4 Å². The summed E-state index contributed by atoms with van der Waals surface area (Å²) < 4.78 is 31.8. The number of fused-ring (bicyclic) bond motifs is 1. The molecule has 0 saturated heterocycles. The van der Waals surface area contributed by atoms with Crippen molar-refractivity contribution >= 4 is 45.5 Å². The molecule has 0 atom stereocenters. The van der Waals surface area contributed by atoms with Gasteiger partial charge in [-0.2, -0.15) is 0 Å². The molecular formula is C21H11Cl2F2N3O5. The first-order chi connectivity index (χ1) is 15.7. The minimum absolute atomic E-state index is 0.0931. The van der Waals surface area contributed by atoms with Crippen molar-refractivity contribution in [2.75, 3.05) is 0 Å². The van der Waals surface area contributed by atoms with Crippen molar-refractivity contribution in [3.05, 3.63) is 109 Å². The maximum absolute atomic E-state index is 13.7. The second-order valence-corrected chi connectivity index (χ2v) is 7.09. The number of para-hydroxylation sites is 1. The first-order valence-corrected chi connectivity index (χ1v) is 9.67. The Morgan fingerprint density at radius 2 is 1.42 bits per heavy atom. The highest BCUT2D eigenvalue weighted by atomic mass is 35.5. The molecule has 0 aliphatic carbocycles. The van der Waals surface area contributed by atoms with Crippen molar-refractivity contribution in [3.63, 3.8) is 0 Å². The van der Waals surface area contributed by atoms with Crippen molar-refractivity contribution in [1.82, 2.24) is 4.98 Å². The molecule has 4 rings (SSSR count). The molecule has 0 aliphatic rings. The Morgan fingerprint density at radius 3 is 2.03 bits per heavy atom. The molecule has 12 heteroatoms. The van der Waals surface area contributed by atoms with E-state index >= 15 is 0 Å². The average Bonchev–Trinajstić information content (AvgIpc) is 2.78. The minimum Gasteiger partial charge on any atom is -0.455 e. The number of hydrogen-bond donors (Lipinski definition) is 0. The number of halogens is 4. The molecule has 8 nitrogen and oxygen atoms in total. The van der Waals surface area contributed by atoms with Gasteiger partial charge in [-0.1, -0.05) is 29.3 Å². The molecule has 0 radical (unpaired) electrons. The average molecular weight is 494 g/mol. The van der Waals surface area contributed by atoms with E-state index in [-0.39, 0.29) is 32.7 Å². The second kappa shape index (κ2) is 10.2. The lowest BCUT2D eigenvalue weighted by Crippen LogP contribution is -1.92. The molecule has 33 heavy (non-hydrogen) atoms. The van der Waals surface area contributed by atoms with Gasteiger partial charge in [0.15, 0.2) is 0 Å². The van der Waals surface area contributed by atoms with Gasteiger partial charge in [0.2, 0.25) is 0 Å². The van der Waals surface area contributed by atoms with Crippen LogP contribution >= 0.6 is 23.2 Å². The van der Waals surface area contributed by atoms with E-state index in [1.807, 2.05) is 0 Å². The monoisotopic (exact) mass is 493 g/mol. The van der Waals surface area contributed by atoms with E-state index in [2.05, 4.69) is 4.98 Å². The summed E-state index contributed by atoms with van der Waals surface area (Å²) in [6.45, 7) is 0. The Kier molecular flexibility index (Phi) is 7.31. The normalized spacial score (nSPS) is 10.3. The zero-order valence-corrected chi connectivity index (χ0v) is 17.8. The molecule has 0 fully saturated rings. The van der Waals surface area contributed by atoms with Gasteiger partial charge in [0.1, 0.15) is 28.7 Å². The van der Waals surface area contributed by atoms with Crippen molar-refractivity contribution in [2.45, 2.75) is 0 Å². The van der Waals surface area contributed by atoms with Crippen molar-refractivity contribution in [2.24, 2.45) is 0 Å². The molecule has 4 aromatic rings. The summed E-state index contributed by atoms with van der Waals surface area (Å²) in [7, 11) is 0. The maximum atomic E-state index is 13.7. The summed E-state index contributed by atoms with van der Waals surface area (Å²) in [5.41, 5.74) is -0.169. The summed E-state index contributed by atoms with van der Waals surface area (Å²) in [6, 6.07) is 12.9. The summed E-state index contributed by atoms with van der Waals surface area (Å²) in [5, 5.41) is 21.1. The number of nitro groups is 2. The fourth-order valence-electron chi connectivity index (χ4n) is 2.61. The first-order valence-electron chi connectivity index (χ1n) is 8.92. The first kappa shape index (κ1) is 23.8. The highest BCUT2D eigenvalue weighted by Crippen LogP contribution is 2.35. The Balaban J connectivity index is 0.000000235. The smallest absolute Gasteiger partial charge is 0.271 e. The number of rotatable bonds is 4. The molecule has 0 spiro atoms. The van der Waals surface area contributed by atoms with Crippen LogP contribution < -0.4 is 4.74 Å². The van der Waals surface area contributed by atoms with Gasteiger partial charge in [-0.05, 0) is 30.3 Å². The van der Waals surface area contributed by atoms with E-state index in [0.29, 0.717) is 11.1 Å².